The van der Waals surface area contributed by atoms with Gasteiger partial charge in [-0.2, -0.15) is 5.26 Å². The Morgan fingerprint density at radius 3 is 2.71 bits per heavy atom. The highest BCUT2D eigenvalue weighted by molar-refractivity contribution is 5.93. The van der Waals surface area contributed by atoms with Gasteiger partial charge in [-0.3, -0.25) is 9.59 Å². The zero-order chi connectivity index (χ0) is 15.4. The molecule has 0 aliphatic heterocycles. The molecule has 7 nitrogen and oxygen atoms in total. The standard InChI is InChI=1S/C14H11N3O4/c15-5-6-16-12(18)8-17-7-10(14(20)21)13(19)9-3-1-2-4-11(9)17/h1-4,7H,6,8H2,(H,16,18)(H,20,21). The number of carboxylic acid groups (broad SMARTS) is 1. The van der Waals surface area contributed by atoms with Crippen molar-refractivity contribution in [1.29, 1.82) is 5.26 Å². The van der Waals surface area contributed by atoms with Crippen molar-refractivity contribution in [2.45, 2.75) is 6.54 Å². The van der Waals surface area contributed by atoms with Gasteiger partial charge in [0, 0.05) is 11.6 Å². The van der Waals surface area contributed by atoms with Crippen LogP contribution in [0.2, 0.25) is 0 Å². The first-order chi connectivity index (χ1) is 10.0. The summed E-state index contributed by atoms with van der Waals surface area (Å²) < 4.78 is 1.38. The number of aromatic carboxylic acids is 1. The number of hydrogen-bond donors (Lipinski definition) is 2. The summed E-state index contributed by atoms with van der Waals surface area (Å²) in [5.41, 5.74) is -0.534. The predicted octanol–water partition coefficient (Wildman–Crippen LogP) is 0.339. The van der Waals surface area contributed by atoms with E-state index in [1.807, 2.05) is 0 Å². The fourth-order valence-electron chi connectivity index (χ4n) is 1.98. The first-order valence-corrected chi connectivity index (χ1v) is 6.03. The van der Waals surface area contributed by atoms with Crippen LogP contribution >= 0.6 is 0 Å². The van der Waals surface area contributed by atoms with Crippen molar-refractivity contribution in [1.82, 2.24) is 9.88 Å². The monoisotopic (exact) mass is 285 g/mol. The minimum atomic E-state index is -1.35. The van der Waals surface area contributed by atoms with Crippen molar-refractivity contribution in [3.8, 4) is 6.07 Å². The average molecular weight is 285 g/mol. The molecule has 2 N–H and O–H groups in total. The minimum absolute atomic E-state index is 0.136. The third-order valence-electron chi connectivity index (χ3n) is 2.90. The summed E-state index contributed by atoms with van der Waals surface area (Å²) in [6.45, 7) is -0.314. The number of rotatable bonds is 4. The van der Waals surface area contributed by atoms with Gasteiger partial charge in [0.05, 0.1) is 11.6 Å². The summed E-state index contributed by atoms with van der Waals surface area (Å²) >= 11 is 0. The van der Waals surface area contributed by atoms with E-state index in [0.29, 0.717) is 5.52 Å². The Balaban J connectivity index is 2.55. The lowest BCUT2D eigenvalue weighted by molar-refractivity contribution is -0.121. The number of fused-ring (bicyclic) bond motifs is 1. The summed E-state index contributed by atoms with van der Waals surface area (Å²) in [4.78, 5) is 34.8. The van der Waals surface area contributed by atoms with Gasteiger partial charge in [0.1, 0.15) is 18.7 Å². The highest BCUT2D eigenvalue weighted by atomic mass is 16.4. The Morgan fingerprint density at radius 1 is 1.33 bits per heavy atom. The maximum absolute atomic E-state index is 12.0. The number of carbonyl (C=O) groups is 2. The molecule has 0 aliphatic rings. The van der Waals surface area contributed by atoms with Crippen molar-refractivity contribution in [3.05, 3.63) is 46.2 Å². The van der Waals surface area contributed by atoms with Crippen molar-refractivity contribution in [2.24, 2.45) is 0 Å². The smallest absolute Gasteiger partial charge is 0.341 e. The summed E-state index contributed by atoms with van der Waals surface area (Å²) in [5.74, 6) is -1.79. The predicted molar refractivity (Wildman–Crippen MR) is 73.8 cm³/mol. The van der Waals surface area contributed by atoms with Crippen LogP contribution in [-0.4, -0.2) is 28.1 Å². The van der Waals surface area contributed by atoms with E-state index in [4.69, 9.17) is 10.4 Å². The summed E-state index contributed by atoms with van der Waals surface area (Å²) in [5, 5.41) is 20.1. The number of amides is 1. The summed E-state index contributed by atoms with van der Waals surface area (Å²) in [7, 11) is 0. The topological polar surface area (TPSA) is 112 Å². The fourth-order valence-corrected chi connectivity index (χ4v) is 1.98. The summed E-state index contributed by atoms with van der Waals surface area (Å²) in [6, 6.07) is 8.21. The third kappa shape index (κ3) is 2.90. The molecule has 0 fully saturated rings. The van der Waals surface area contributed by atoms with Crippen LogP contribution in [0.4, 0.5) is 0 Å². The molecule has 0 saturated carbocycles. The van der Waals surface area contributed by atoms with Gasteiger partial charge in [0.15, 0.2) is 0 Å². The number of nitrogens with zero attached hydrogens (tertiary/aromatic N) is 2. The van der Waals surface area contributed by atoms with Crippen LogP contribution in [0.15, 0.2) is 35.3 Å². The van der Waals surface area contributed by atoms with E-state index in [-0.39, 0.29) is 18.5 Å². The maximum atomic E-state index is 12.0. The zero-order valence-corrected chi connectivity index (χ0v) is 10.9. The molecule has 0 bridgehead atoms. The van der Waals surface area contributed by atoms with Crippen molar-refractivity contribution < 1.29 is 14.7 Å². The molecule has 0 atom stereocenters. The van der Waals surface area contributed by atoms with E-state index >= 15 is 0 Å². The molecule has 2 aromatic rings. The van der Waals surface area contributed by atoms with Crippen molar-refractivity contribution >= 4 is 22.8 Å². The lowest BCUT2D eigenvalue weighted by atomic mass is 10.1. The van der Waals surface area contributed by atoms with E-state index in [2.05, 4.69) is 5.32 Å². The van der Waals surface area contributed by atoms with Gasteiger partial charge in [-0.1, -0.05) is 12.1 Å². The largest absolute Gasteiger partial charge is 0.477 e. The molecule has 1 heterocycles. The highest BCUT2D eigenvalue weighted by Gasteiger charge is 2.15. The Kier molecular flexibility index (Phi) is 4.00. The van der Waals surface area contributed by atoms with Crippen LogP contribution in [0.5, 0.6) is 0 Å². The van der Waals surface area contributed by atoms with Crippen LogP contribution in [0.3, 0.4) is 0 Å². The lowest BCUT2D eigenvalue weighted by Crippen LogP contribution is -2.29. The number of hydrogen-bond acceptors (Lipinski definition) is 4. The minimum Gasteiger partial charge on any atom is -0.477 e. The molecule has 2 rings (SSSR count). The van der Waals surface area contributed by atoms with Gasteiger partial charge in [0.25, 0.3) is 0 Å². The van der Waals surface area contributed by atoms with Crippen molar-refractivity contribution in [3.63, 3.8) is 0 Å². The first-order valence-electron chi connectivity index (χ1n) is 6.03. The molecule has 0 aliphatic carbocycles. The number of nitrogens with one attached hydrogen (secondary N) is 1. The molecule has 0 saturated heterocycles. The van der Waals surface area contributed by atoms with E-state index in [1.165, 1.54) is 10.6 Å². The molecular formula is C14H11N3O4. The molecule has 0 spiro atoms. The Labute approximate surface area is 119 Å². The maximum Gasteiger partial charge on any atom is 0.341 e. The number of nitriles is 1. The number of benzene rings is 1. The number of para-hydroxylation sites is 1. The van der Waals surface area contributed by atoms with Crippen LogP contribution in [-0.2, 0) is 11.3 Å². The molecule has 7 heteroatoms. The molecule has 106 valence electrons. The molecule has 0 radical (unpaired) electrons. The Morgan fingerprint density at radius 2 is 2.05 bits per heavy atom. The highest BCUT2D eigenvalue weighted by Crippen LogP contribution is 2.11. The SMILES string of the molecule is N#CCNC(=O)Cn1cc(C(=O)O)c(=O)c2ccccc21. The summed E-state index contributed by atoms with van der Waals surface area (Å²) in [6.07, 6.45) is 1.14. The zero-order valence-electron chi connectivity index (χ0n) is 10.9. The van der Waals surface area contributed by atoms with E-state index in [1.54, 1.807) is 24.3 Å². The third-order valence-corrected chi connectivity index (χ3v) is 2.90. The normalized spacial score (nSPS) is 10.0. The van der Waals surface area contributed by atoms with Gasteiger partial charge < -0.3 is 15.0 Å². The number of pyridine rings is 1. The van der Waals surface area contributed by atoms with Crippen LogP contribution in [0, 0.1) is 11.3 Å². The first kappa shape index (κ1) is 14.3. The molecular weight excluding hydrogens is 274 g/mol. The quantitative estimate of drug-likeness (QED) is 0.786. The van der Waals surface area contributed by atoms with Gasteiger partial charge in [-0.05, 0) is 12.1 Å². The fraction of sp³-hybridized carbons (Fsp3) is 0.143. The van der Waals surface area contributed by atoms with Crippen LogP contribution in [0.25, 0.3) is 10.9 Å². The van der Waals surface area contributed by atoms with Gasteiger partial charge in [-0.25, -0.2) is 4.79 Å². The lowest BCUT2D eigenvalue weighted by Gasteiger charge is -2.11. The number of carbonyl (C=O) groups excluding carboxylic acids is 1. The number of aromatic nitrogens is 1. The Hall–Kier alpha value is -3.14. The van der Waals surface area contributed by atoms with Gasteiger partial charge in [0.2, 0.25) is 11.3 Å². The second kappa shape index (κ2) is 5.88. The second-order valence-corrected chi connectivity index (χ2v) is 4.26. The molecule has 0 unspecified atom stereocenters. The second-order valence-electron chi connectivity index (χ2n) is 4.26. The molecule has 1 aromatic carbocycles. The van der Waals surface area contributed by atoms with E-state index in [9.17, 15) is 14.4 Å². The molecule has 21 heavy (non-hydrogen) atoms. The van der Waals surface area contributed by atoms with Crippen molar-refractivity contribution in [2.75, 3.05) is 6.54 Å². The molecule has 1 amide bonds. The van der Waals surface area contributed by atoms with Gasteiger partial charge in [-0.15, -0.1) is 0 Å². The Bertz CT molecular complexity index is 817. The van der Waals surface area contributed by atoms with E-state index < -0.39 is 22.9 Å². The molecule has 1 aromatic heterocycles. The number of carboxylic acids is 1. The van der Waals surface area contributed by atoms with Crippen LogP contribution < -0.4 is 10.7 Å². The van der Waals surface area contributed by atoms with E-state index in [0.717, 1.165) is 6.20 Å². The van der Waals surface area contributed by atoms with Crippen LogP contribution in [0.1, 0.15) is 10.4 Å². The average Bonchev–Trinajstić information content (AvgIpc) is 2.47. The van der Waals surface area contributed by atoms with Gasteiger partial charge >= 0.3 is 5.97 Å².